The molecule has 0 spiro atoms. The number of aromatic amines is 1. The number of nitrogens with zero attached hydrogens (tertiary/aromatic N) is 3. The maximum absolute atomic E-state index is 13.0. The molecule has 0 amide bonds. The summed E-state index contributed by atoms with van der Waals surface area (Å²) in [7, 11) is 0. The Morgan fingerprint density at radius 3 is 2.59 bits per heavy atom. The van der Waals surface area contributed by atoms with Crippen molar-refractivity contribution >= 4 is 23.1 Å². The summed E-state index contributed by atoms with van der Waals surface area (Å²) >= 11 is 6.17. The summed E-state index contributed by atoms with van der Waals surface area (Å²) in [5.74, 6) is 1.00. The van der Waals surface area contributed by atoms with Gasteiger partial charge in [-0.1, -0.05) is 47.5 Å². The number of benzene rings is 2. The van der Waals surface area contributed by atoms with Gasteiger partial charge in [0.15, 0.2) is 0 Å². The maximum Gasteiger partial charge on any atom is 0.277 e. The van der Waals surface area contributed by atoms with Gasteiger partial charge in [0, 0.05) is 22.7 Å². The van der Waals surface area contributed by atoms with E-state index in [9.17, 15) is 4.79 Å². The molecule has 0 aliphatic heterocycles. The summed E-state index contributed by atoms with van der Waals surface area (Å²) in [6.45, 7) is 6.28. The summed E-state index contributed by atoms with van der Waals surface area (Å²) < 4.78 is 1.42. The molecule has 0 atom stereocenters. The van der Waals surface area contributed by atoms with Crippen LogP contribution in [0.15, 0.2) is 47.3 Å². The number of aryl methyl sites for hydroxylation is 2. The Balaban J connectivity index is 1.62. The Kier molecular flexibility index (Phi) is 5.11. The van der Waals surface area contributed by atoms with E-state index < -0.39 is 0 Å². The fraction of sp³-hybridized carbons (Fsp3) is 0.227. The quantitative estimate of drug-likeness (QED) is 0.520. The number of hydrogen-bond donors (Lipinski definition) is 2. The van der Waals surface area contributed by atoms with E-state index in [1.54, 1.807) is 0 Å². The van der Waals surface area contributed by atoms with E-state index >= 15 is 0 Å². The zero-order valence-electron chi connectivity index (χ0n) is 16.6. The first-order chi connectivity index (χ1) is 13.9. The van der Waals surface area contributed by atoms with Crippen molar-refractivity contribution in [3.63, 3.8) is 0 Å². The van der Waals surface area contributed by atoms with Gasteiger partial charge in [-0.2, -0.15) is 9.50 Å². The van der Waals surface area contributed by atoms with Crippen LogP contribution in [-0.2, 0) is 13.0 Å². The molecule has 2 N–H and O–H groups in total. The molecule has 29 heavy (non-hydrogen) atoms. The molecule has 0 saturated heterocycles. The standard InChI is InChI=1S/C22H22ClN5O/c1-13-7-9-16(10-8-13)11-17-15(3)25-22-26-20(27-28(22)21(17)29)12-24-19-6-4-5-18(23)14(19)2/h4-10,24H,11-12H2,1-3H3,(H,25,26,27). The Morgan fingerprint density at radius 1 is 1.07 bits per heavy atom. The van der Waals surface area contributed by atoms with E-state index in [2.05, 4.69) is 20.4 Å². The molecule has 2 aromatic carbocycles. The zero-order valence-corrected chi connectivity index (χ0v) is 17.3. The first-order valence-corrected chi connectivity index (χ1v) is 9.82. The number of aromatic nitrogens is 4. The molecule has 0 aliphatic carbocycles. The highest BCUT2D eigenvalue weighted by molar-refractivity contribution is 6.31. The number of anilines is 1. The van der Waals surface area contributed by atoms with E-state index in [1.807, 2.05) is 63.2 Å². The molecule has 2 aromatic heterocycles. The molecule has 6 nitrogen and oxygen atoms in total. The first kappa shape index (κ1) is 19.2. The van der Waals surface area contributed by atoms with Crippen LogP contribution < -0.4 is 10.9 Å². The second-order valence-corrected chi connectivity index (χ2v) is 7.62. The van der Waals surface area contributed by atoms with Crippen molar-refractivity contribution in [3.8, 4) is 0 Å². The Bertz CT molecular complexity index is 1240. The summed E-state index contributed by atoms with van der Waals surface area (Å²) in [6, 6.07) is 13.9. The highest BCUT2D eigenvalue weighted by Crippen LogP contribution is 2.23. The fourth-order valence-electron chi connectivity index (χ4n) is 3.27. The molecule has 0 saturated carbocycles. The number of H-pyrrole nitrogens is 1. The summed E-state index contributed by atoms with van der Waals surface area (Å²) in [6.07, 6.45) is 0.537. The minimum absolute atomic E-state index is 0.120. The first-order valence-electron chi connectivity index (χ1n) is 9.44. The minimum atomic E-state index is -0.120. The Hall–Kier alpha value is -3.12. The monoisotopic (exact) mass is 407 g/mol. The highest BCUT2D eigenvalue weighted by Gasteiger charge is 2.14. The van der Waals surface area contributed by atoms with Gasteiger partial charge in [-0.05, 0) is 44.0 Å². The topological polar surface area (TPSA) is 75.1 Å². The number of nitrogens with one attached hydrogen (secondary N) is 2. The van der Waals surface area contributed by atoms with Gasteiger partial charge in [0.25, 0.3) is 11.3 Å². The fourth-order valence-corrected chi connectivity index (χ4v) is 3.44. The number of rotatable bonds is 5. The van der Waals surface area contributed by atoms with Crippen molar-refractivity contribution in [1.82, 2.24) is 19.6 Å². The molecular formula is C22H22ClN5O. The maximum atomic E-state index is 13.0. The lowest BCUT2D eigenvalue weighted by atomic mass is 10.0. The van der Waals surface area contributed by atoms with Crippen LogP contribution in [0.2, 0.25) is 5.02 Å². The van der Waals surface area contributed by atoms with Gasteiger partial charge in [-0.25, -0.2) is 4.98 Å². The van der Waals surface area contributed by atoms with Crippen LogP contribution in [-0.4, -0.2) is 19.6 Å². The van der Waals surface area contributed by atoms with Crippen molar-refractivity contribution in [3.05, 3.63) is 91.6 Å². The Morgan fingerprint density at radius 2 is 1.83 bits per heavy atom. The average molecular weight is 408 g/mol. The molecule has 7 heteroatoms. The third-order valence-electron chi connectivity index (χ3n) is 5.06. The highest BCUT2D eigenvalue weighted by atomic mass is 35.5. The SMILES string of the molecule is Cc1ccc(Cc2c(C)nc3nc(CNc4cccc(Cl)c4C)[nH]n3c2=O)cc1. The van der Waals surface area contributed by atoms with Crippen LogP contribution >= 0.6 is 11.6 Å². The van der Waals surface area contributed by atoms with E-state index in [0.29, 0.717) is 40.8 Å². The van der Waals surface area contributed by atoms with Crippen molar-refractivity contribution in [2.45, 2.75) is 33.7 Å². The smallest absolute Gasteiger partial charge is 0.277 e. The van der Waals surface area contributed by atoms with E-state index in [4.69, 9.17) is 11.6 Å². The average Bonchev–Trinajstić information content (AvgIpc) is 3.11. The third-order valence-corrected chi connectivity index (χ3v) is 5.47. The van der Waals surface area contributed by atoms with Gasteiger partial charge >= 0.3 is 0 Å². The van der Waals surface area contributed by atoms with Crippen LogP contribution in [0, 0.1) is 20.8 Å². The lowest BCUT2D eigenvalue weighted by molar-refractivity contribution is 0.832. The minimum Gasteiger partial charge on any atom is -0.378 e. The number of halogens is 1. The molecule has 0 aliphatic rings. The van der Waals surface area contributed by atoms with Gasteiger partial charge in [0.05, 0.1) is 12.2 Å². The predicted octanol–water partition coefficient (Wildman–Crippen LogP) is 4.20. The van der Waals surface area contributed by atoms with Crippen LogP contribution in [0.5, 0.6) is 0 Å². The number of fused-ring (bicyclic) bond motifs is 1. The van der Waals surface area contributed by atoms with Crippen molar-refractivity contribution in [2.24, 2.45) is 0 Å². The summed E-state index contributed by atoms with van der Waals surface area (Å²) in [5, 5.41) is 7.07. The summed E-state index contributed by atoms with van der Waals surface area (Å²) in [5.41, 5.74) is 5.41. The van der Waals surface area contributed by atoms with Gasteiger partial charge in [0.2, 0.25) is 0 Å². The largest absolute Gasteiger partial charge is 0.378 e. The Labute approximate surface area is 173 Å². The molecule has 4 rings (SSSR count). The second-order valence-electron chi connectivity index (χ2n) is 7.21. The molecular weight excluding hydrogens is 386 g/mol. The predicted molar refractivity (Wildman–Crippen MR) is 116 cm³/mol. The molecule has 2 heterocycles. The zero-order chi connectivity index (χ0) is 20.5. The molecule has 148 valence electrons. The molecule has 0 unspecified atom stereocenters. The van der Waals surface area contributed by atoms with E-state index in [0.717, 1.165) is 16.8 Å². The van der Waals surface area contributed by atoms with Gasteiger partial charge in [-0.15, -0.1) is 0 Å². The van der Waals surface area contributed by atoms with Crippen molar-refractivity contribution in [2.75, 3.05) is 5.32 Å². The molecule has 0 bridgehead atoms. The molecule has 0 radical (unpaired) electrons. The lowest BCUT2D eigenvalue weighted by Gasteiger charge is -2.08. The van der Waals surface area contributed by atoms with Crippen LogP contribution in [0.3, 0.4) is 0 Å². The van der Waals surface area contributed by atoms with Crippen LogP contribution in [0.25, 0.3) is 5.78 Å². The van der Waals surface area contributed by atoms with Crippen molar-refractivity contribution in [1.29, 1.82) is 0 Å². The van der Waals surface area contributed by atoms with Gasteiger partial charge in [-0.3, -0.25) is 9.89 Å². The van der Waals surface area contributed by atoms with Gasteiger partial charge < -0.3 is 5.32 Å². The lowest BCUT2D eigenvalue weighted by Crippen LogP contribution is -2.22. The molecule has 4 aromatic rings. The third kappa shape index (κ3) is 3.89. The normalized spacial score (nSPS) is 11.2. The molecule has 0 fully saturated rings. The van der Waals surface area contributed by atoms with E-state index in [-0.39, 0.29) is 5.56 Å². The number of hydrogen-bond acceptors (Lipinski definition) is 4. The van der Waals surface area contributed by atoms with Crippen molar-refractivity contribution < 1.29 is 0 Å². The van der Waals surface area contributed by atoms with Crippen LogP contribution in [0.1, 0.15) is 33.8 Å². The van der Waals surface area contributed by atoms with Crippen LogP contribution in [0.4, 0.5) is 5.69 Å². The van der Waals surface area contributed by atoms with E-state index in [1.165, 1.54) is 10.1 Å². The second kappa shape index (κ2) is 7.72. The summed E-state index contributed by atoms with van der Waals surface area (Å²) in [4.78, 5) is 22.0. The van der Waals surface area contributed by atoms with Gasteiger partial charge in [0.1, 0.15) is 5.82 Å².